The van der Waals surface area contributed by atoms with Crippen LogP contribution in [0.2, 0.25) is 10.0 Å². The van der Waals surface area contributed by atoms with E-state index >= 15 is 0 Å². The molecule has 0 heterocycles. The van der Waals surface area contributed by atoms with E-state index in [1.165, 1.54) is 12.8 Å². The van der Waals surface area contributed by atoms with Crippen LogP contribution in [0.15, 0.2) is 6.07 Å². The maximum Gasteiger partial charge on any atom is 0.171 e. The van der Waals surface area contributed by atoms with Crippen molar-refractivity contribution in [3.05, 3.63) is 27.2 Å². The van der Waals surface area contributed by atoms with Crippen LogP contribution in [0.4, 0.5) is 0 Å². The lowest BCUT2D eigenvalue weighted by Crippen LogP contribution is -2.34. The van der Waals surface area contributed by atoms with Crippen molar-refractivity contribution in [2.45, 2.75) is 45.4 Å². The summed E-state index contributed by atoms with van der Waals surface area (Å²) in [7, 11) is 1.57. The fourth-order valence-corrected chi connectivity index (χ4v) is 4.76. The van der Waals surface area contributed by atoms with Gasteiger partial charge < -0.3 is 4.74 Å². The van der Waals surface area contributed by atoms with Crippen LogP contribution in [-0.2, 0) is 6.42 Å². The summed E-state index contributed by atoms with van der Waals surface area (Å²) in [5.74, 6) is 1.23. The van der Waals surface area contributed by atoms with Crippen molar-refractivity contribution in [1.82, 2.24) is 0 Å². The van der Waals surface area contributed by atoms with Crippen LogP contribution in [0.1, 0.15) is 54.9 Å². The third-order valence-corrected chi connectivity index (χ3v) is 6.28. The average Bonchev–Trinajstić information content (AvgIpc) is 3.10. The van der Waals surface area contributed by atoms with Crippen LogP contribution in [0, 0.1) is 11.3 Å². The number of rotatable bonds is 3. The Labute approximate surface area is 135 Å². The van der Waals surface area contributed by atoms with Crippen LogP contribution in [0.3, 0.4) is 0 Å². The van der Waals surface area contributed by atoms with Gasteiger partial charge in [0.25, 0.3) is 0 Å². The van der Waals surface area contributed by atoms with E-state index in [0.717, 1.165) is 31.2 Å². The summed E-state index contributed by atoms with van der Waals surface area (Å²) in [6, 6.07) is 1.90. The van der Waals surface area contributed by atoms with Crippen LogP contribution in [-0.4, -0.2) is 12.9 Å². The number of hydrogen-bond donors (Lipinski definition) is 0. The van der Waals surface area contributed by atoms with E-state index in [-0.39, 0.29) is 11.2 Å². The maximum atomic E-state index is 13.1. The van der Waals surface area contributed by atoms with E-state index in [2.05, 4.69) is 6.92 Å². The number of ketones is 1. The van der Waals surface area contributed by atoms with Gasteiger partial charge in [-0.25, -0.2) is 0 Å². The number of benzene rings is 1. The number of methoxy groups -OCH3 is 1. The van der Waals surface area contributed by atoms with E-state index < -0.39 is 0 Å². The maximum absolute atomic E-state index is 13.1. The van der Waals surface area contributed by atoms with Crippen molar-refractivity contribution in [2.24, 2.45) is 11.3 Å². The molecule has 0 radical (unpaired) electrons. The first-order chi connectivity index (χ1) is 10.0. The molecule has 0 aromatic heterocycles. The lowest BCUT2D eigenvalue weighted by molar-refractivity contribution is 0.0691. The highest BCUT2D eigenvalue weighted by Gasteiger charge is 2.51. The molecular formula is C17H20Cl2O2. The van der Waals surface area contributed by atoms with Gasteiger partial charge in [0.1, 0.15) is 10.8 Å². The van der Waals surface area contributed by atoms with E-state index in [1.807, 2.05) is 6.07 Å². The zero-order valence-corrected chi connectivity index (χ0v) is 14.0. The Hall–Kier alpha value is -0.730. The zero-order valence-electron chi connectivity index (χ0n) is 12.5. The van der Waals surface area contributed by atoms with Gasteiger partial charge in [0.2, 0.25) is 0 Å². The minimum absolute atomic E-state index is 0.196. The Kier molecular flexibility index (Phi) is 3.96. The highest BCUT2D eigenvalue weighted by Crippen LogP contribution is 2.54. The first kappa shape index (κ1) is 15.2. The molecule has 1 saturated carbocycles. The van der Waals surface area contributed by atoms with E-state index in [4.69, 9.17) is 27.9 Å². The van der Waals surface area contributed by atoms with Gasteiger partial charge in [0, 0.05) is 11.0 Å². The van der Waals surface area contributed by atoms with Crippen molar-refractivity contribution >= 4 is 29.0 Å². The van der Waals surface area contributed by atoms with Crippen LogP contribution >= 0.6 is 23.2 Å². The molecule has 0 unspecified atom stereocenters. The largest absolute Gasteiger partial charge is 0.495 e. The number of ether oxygens (including phenoxy) is 1. The lowest BCUT2D eigenvalue weighted by Gasteiger charge is -2.32. The third-order valence-electron chi connectivity index (χ3n) is 5.43. The van der Waals surface area contributed by atoms with Crippen molar-refractivity contribution in [1.29, 1.82) is 0 Å². The molecule has 1 aromatic rings. The number of hydrogen-bond acceptors (Lipinski definition) is 2. The van der Waals surface area contributed by atoms with Crippen molar-refractivity contribution < 1.29 is 9.53 Å². The standard InChI is InChI=1S/C17H20Cl2O2/c1-3-17(11-6-4-5-7-11)9-10-8-12(21-2)14(18)15(19)13(10)16(17)20/h8,11H,3-7,9H2,1-2H3/t17-/m0/s1. The van der Waals surface area contributed by atoms with Gasteiger partial charge in [-0.2, -0.15) is 0 Å². The summed E-state index contributed by atoms with van der Waals surface area (Å²) in [5.41, 5.74) is 1.36. The van der Waals surface area contributed by atoms with Crippen LogP contribution in [0.5, 0.6) is 5.75 Å². The SMILES string of the molecule is CC[C@@]1(C2CCCC2)Cc2cc(OC)c(Cl)c(Cl)c2C1=O. The number of carbonyl (C=O) groups is 1. The quantitative estimate of drug-likeness (QED) is 0.750. The predicted molar refractivity (Wildman–Crippen MR) is 85.7 cm³/mol. The first-order valence-corrected chi connectivity index (χ1v) is 8.40. The van der Waals surface area contributed by atoms with E-state index in [9.17, 15) is 4.79 Å². The summed E-state index contributed by atoms with van der Waals surface area (Å²) in [6.45, 7) is 2.12. The van der Waals surface area contributed by atoms with Gasteiger partial charge in [0.15, 0.2) is 5.78 Å². The number of fused-ring (bicyclic) bond motifs is 1. The molecule has 2 aliphatic carbocycles. The number of Topliss-reactive ketones (excluding diaryl/α,β-unsaturated/α-hetero) is 1. The Morgan fingerprint density at radius 1 is 1.29 bits per heavy atom. The first-order valence-electron chi connectivity index (χ1n) is 7.64. The molecule has 0 spiro atoms. The normalized spacial score (nSPS) is 25.4. The lowest BCUT2D eigenvalue weighted by atomic mass is 9.69. The summed E-state index contributed by atoms with van der Waals surface area (Å²) >= 11 is 12.6. The van der Waals surface area contributed by atoms with Crippen molar-refractivity contribution in [3.8, 4) is 5.75 Å². The van der Waals surface area contributed by atoms with Gasteiger partial charge in [-0.15, -0.1) is 0 Å². The zero-order chi connectivity index (χ0) is 15.2. The topological polar surface area (TPSA) is 26.3 Å². The summed E-state index contributed by atoms with van der Waals surface area (Å²) in [6.07, 6.45) is 6.39. The fourth-order valence-electron chi connectivity index (χ4n) is 4.24. The van der Waals surface area contributed by atoms with Crippen molar-refractivity contribution in [3.63, 3.8) is 0 Å². The molecule has 1 fully saturated rings. The van der Waals surface area contributed by atoms with Crippen LogP contribution < -0.4 is 4.74 Å². The molecule has 114 valence electrons. The molecule has 21 heavy (non-hydrogen) atoms. The minimum atomic E-state index is -0.280. The minimum Gasteiger partial charge on any atom is -0.495 e. The Balaban J connectivity index is 2.11. The molecule has 0 amide bonds. The van der Waals surface area contributed by atoms with Crippen LogP contribution in [0.25, 0.3) is 0 Å². The summed E-state index contributed by atoms with van der Waals surface area (Å²) in [5, 5.41) is 0.717. The Bertz CT molecular complexity index is 591. The molecule has 0 N–H and O–H groups in total. The smallest absolute Gasteiger partial charge is 0.171 e. The molecule has 3 rings (SSSR count). The number of halogens is 2. The molecule has 0 saturated heterocycles. The van der Waals surface area contributed by atoms with Gasteiger partial charge in [0.05, 0.1) is 12.1 Å². The molecule has 0 bridgehead atoms. The Morgan fingerprint density at radius 2 is 1.95 bits per heavy atom. The molecule has 1 aromatic carbocycles. The van der Waals surface area contributed by atoms with Gasteiger partial charge in [-0.05, 0) is 43.2 Å². The molecule has 2 nitrogen and oxygen atoms in total. The third kappa shape index (κ3) is 2.10. The molecule has 0 aliphatic heterocycles. The second-order valence-corrected chi connectivity index (χ2v) is 6.99. The summed E-state index contributed by atoms with van der Waals surface area (Å²) < 4.78 is 5.29. The molecule has 1 atom stereocenters. The van der Waals surface area contributed by atoms with Gasteiger partial charge in [-0.3, -0.25) is 4.79 Å². The second-order valence-electron chi connectivity index (χ2n) is 6.24. The van der Waals surface area contributed by atoms with E-state index in [0.29, 0.717) is 27.3 Å². The van der Waals surface area contributed by atoms with E-state index in [1.54, 1.807) is 7.11 Å². The highest BCUT2D eigenvalue weighted by molar-refractivity contribution is 6.45. The second kappa shape index (κ2) is 5.48. The Morgan fingerprint density at radius 3 is 2.52 bits per heavy atom. The molecule has 4 heteroatoms. The van der Waals surface area contributed by atoms with Crippen molar-refractivity contribution in [2.75, 3.05) is 7.11 Å². The average molecular weight is 327 g/mol. The molecule has 2 aliphatic rings. The monoisotopic (exact) mass is 326 g/mol. The predicted octanol–water partition coefficient (Wildman–Crippen LogP) is 5.33. The fraction of sp³-hybridized carbons (Fsp3) is 0.588. The number of carbonyl (C=O) groups excluding carboxylic acids is 1. The van der Waals surface area contributed by atoms with Gasteiger partial charge in [-0.1, -0.05) is 43.0 Å². The molecular weight excluding hydrogens is 307 g/mol. The summed E-state index contributed by atoms with van der Waals surface area (Å²) in [4.78, 5) is 13.1. The highest BCUT2D eigenvalue weighted by atomic mass is 35.5. The van der Waals surface area contributed by atoms with Gasteiger partial charge >= 0.3 is 0 Å².